The van der Waals surface area contributed by atoms with Crippen LogP contribution < -0.4 is 4.72 Å². The molecule has 0 fully saturated rings. The second-order valence-corrected chi connectivity index (χ2v) is 7.13. The van der Waals surface area contributed by atoms with E-state index in [2.05, 4.69) is 14.8 Å². The number of aromatic nitrogens is 3. The summed E-state index contributed by atoms with van der Waals surface area (Å²) in [5.74, 6) is 0.517. The zero-order valence-electron chi connectivity index (χ0n) is 13.4. The van der Waals surface area contributed by atoms with E-state index in [1.807, 2.05) is 6.92 Å². The topological polar surface area (TPSA) is 76.9 Å². The number of halogens is 3. The highest BCUT2D eigenvalue weighted by molar-refractivity contribution is 7.92. The molecule has 0 aliphatic rings. The van der Waals surface area contributed by atoms with Gasteiger partial charge < -0.3 is 0 Å². The van der Waals surface area contributed by atoms with Crippen LogP contribution in [0.1, 0.15) is 12.6 Å². The summed E-state index contributed by atoms with van der Waals surface area (Å²) >= 11 is 0. The van der Waals surface area contributed by atoms with Crippen molar-refractivity contribution in [2.45, 2.75) is 18.0 Å². The summed E-state index contributed by atoms with van der Waals surface area (Å²) in [6, 6.07) is 8.14. The van der Waals surface area contributed by atoms with Crippen LogP contribution in [0.2, 0.25) is 0 Å². The van der Waals surface area contributed by atoms with E-state index in [1.54, 1.807) is 18.3 Å². The predicted molar refractivity (Wildman–Crippen MR) is 90.5 cm³/mol. The minimum absolute atomic E-state index is 0. The Morgan fingerprint density at radius 3 is 2.38 bits per heavy atom. The summed E-state index contributed by atoms with van der Waals surface area (Å²) in [6.45, 7) is 1.85. The minimum atomic E-state index is -4.54. The number of pyridine rings is 1. The van der Waals surface area contributed by atoms with Gasteiger partial charge in [-0.3, -0.25) is 4.72 Å². The number of sulfonamides is 1. The fourth-order valence-electron chi connectivity index (χ4n) is 2.22. The monoisotopic (exact) mass is 384 g/mol. The van der Waals surface area contributed by atoms with Crippen molar-refractivity contribution >= 4 is 15.8 Å². The van der Waals surface area contributed by atoms with Crippen LogP contribution in [0.4, 0.5) is 19.0 Å². The smallest absolute Gasteiger partial charge is 0.263 e. The fourth-order valence-corrected chi connectivity index (χ4v) is 3.26. The molecule has 0 aliphatic carbocycles. The van der Waals surface area contributed by atoms with Gasteiger partial charge in [0.15, 0.2) is 5.82 Å². The summed E-state index contributed by atoms with van der Waals surface area (Å²) in [4.78, 5) is 3.83. The highest BCUT2D eigenvalue weighted by atomic mass is 32.2. The molecular formula is C16H15F3N4O2S. The molecule has 2 aromatic heterocycles. The van der Waals surface area contributed by atoms with Gasteiger partial charge in [0, 0.05) is 13.7 Å². The molecule has 26 heavy (non-hydrogen) atoms. The van der Waals surface area contributed by atoms with E-state index in [9.17, 15) is 21.6 Å². The largest absolute Gasteiger partial charge is 0.416 e. The van der Waals surface area contributed by atoms with Crippen molar-refractivity contribution in [3.63, 3.8) is 0 Å². The highest BCUT2D eigenvalue weighted by Crippen LogP contribution is 2.30. The Hall–Kier alpha value is -2.88. The Labute approximate surface area is 148 Å². The molecule has 0 bridgehead atoms. The molecular weight excluding hydrogens is 369 g/mol. The Morgan fingerprint density at radius 2 is 1.77 bits per heavy atom. The Morgan fingerprint density at radius 1 is 1.08 bits per heavy atom. The molecule has 3 rings (SSSR count). The molecule has 0 atom stereocenters. The van der Waals surface area contributed by atoms with Crippen LogP contribution in [0.3, 0.4) is 0 Å². The molecule has 138 valence electrons. The number of nitrogens with one attached hydrogen (secondary N) is 1. The molecule has 0 saturated heterocycles. The molecule has 0 unspecified atom stereocenters. The second kappa shape index (κ2) is 6.45. The Bertz CT molecular complexity index is 1030. The molecule has 10 heteroatoms. The van der Waals surface area contributed by atoms with Gasteiger partial charge in [0.2, 0.25) is 0 Å². The van der Waals surface area contributed by atoms with Gasteiger partial charge in [0.25, 0.3) is 10.0 Å². The van der Waals surface area contributed by atoms with Gasteiger partial charge in [-0.1, -0.05) is 0 Å². The number of rotatable bonds is 4. The first-order valence-electron chi connectivity index (χ1n) is 7.34. The SMILES string of the molecule is Cc1ccnc(-n2nccc2NS(=O)(=O)c2ccc(C(F)(F)F)cc2)c1.[HH]. The van der Waals surface area contributed by atoms with Gasteiger partial charge in [-0.2, -0.15) is 23.0 Å². The summed E-state index contributed by atoms with van der Waals surface area (Å²) in [6.07, 6.45) is -1.60. The lowest BCUT2D eigenvalue weighted by Crippen LogP contribution is -2.16. The average Bonchev–Trinajstić information content (AvgIpc) is 3.01. The zero-order chi connectivity index (χ0) is 18.9. The van der Waals surface area contributed by atoms with Crippen molar-refractivity contribution in [1.29, 1.82) is 0 Å². The lowest BCUT2D eigenvalue weighted by atomic mass is 10.2. The summed E-state index contributed by atoms with van der Waals surface area (Å²) < 4.78 is 66.3. The minimum Gasteiger partial charge on any atom is -0.263 e. The molecule has 2 heterocycles. The number of hydrogen-bond donors (Lipinski definition) is 1. The first-order chi connectivity index (χ1) is 12.2. The van der Waals surface area contributed by atoms with Crippen molar-refractivity contribution in [3.05, 3.63) is 66.0 Å². The van der Waals surface area contributed by atoms with Gasteiger partial charge in [-0.05, 0) is 48.9 Å². The number of alkyl halides is 3. The van der Waals surface area contributed by atoms with Gasteiger partial charge in [-0.25, -0.2) is 13.4 Å². The maximum atomic E-state index is 12.6. The van der Waals surface area contributed by atoms with Crippen molar-refractivity contribution in [2.24, 2.45) is 0 Å². The Kier molecular flexibility index (Phi) is 4.45. The molecule has 0 saturated carbocycles. The third kappa shape index (κ3) is 3.69. The van der Waals surface area contributed by atoms with E-state index in [0.717, 1.165) is 17.7 Å². The van der Waals surface area contributed by atoms with Crippen molar-refractivity contribution in [1.82, 2.24) is 14.8 Å². The summed E-state index contributed by atoms with van der Waals surface area (Å²) in [5.41, 5.74) is -0.0208. The molecule has 0 aliphatic heterocycles. The number of anilines is 1. The van der Waals surface area contributed by atoms with Crippen LogP contribution in [0.5, 0.6) is 0 Å². The quantitative estimate of drug-likeness (QED) is 0.745. The van der Waals surface area contributed by atoms with Gasteiger partial charge >= 0.3 is 6.18 Å². The predicted octanol–water partition coefficient (Wildman–Crippen LogP) is 3.64. The van der Waals surface area contributed by atoms with Gasteiger partial charge in [0.1, 0.15) is 5.82 Å². The van der Waals surface area contributed by atoms with E-state index in [-0.39, 0.29) is 12.1 Å². The standard InChI is InChI=1S/C16H13F3N4O2S.H2/c1-11-6-8-20-15(10-11)23-14(7-9-21-23)22-26(24,25)13-4-2-12(3-5-13)16(17,18)19;/h2-10,22H,1H3;1H. The van der Waals surface area contributed by atoms with Crippen molar-refractivity contribution in [2.75, 3.05) is 4.72 Å². The third-order valence-electron chi connectivity index (χ3n) is 3.49. The number of nitrogens with zero attached hydrogens (tertiary/aromatic N) is 3. The molecule has 0 radical (unpaired) electrons. The maximum Gasteiger partial charge on any atom is 0.416 e. The van der Waals surface area contributed by atoms with Crippen LogP contribution in [0.15, 0.2) is 59.8 Å². The molecule has 1 aromatic carbocycles. The maximum absolute atomic E-state index is 12.6. The van der Waals surface area contributed by atoms with E-state index >= 15 is 0 Å². The fraction of sp³-hybridized carbons (Fsp3) is 0.125. The van der Waals surface area contributed by atoms with Gasteiger partial charge in [-0.15, -0.1) is 0 Å². The van der Waals surface area contributed by atoms with E-state index in [1.165, 1.54) is 16.9 Å². The van der Waals surface area contributed by atoms with Gasteiger partial charge in [0.05, 0.1) is 16.7 Å². The summed E-state index contributed by atoms with van der Waals surface area (Å²) in [5, 5.41) is 4.03. The Balaban J connectivity index is 0.00000261. The molecule has 3 aromatic rings. The second-order valence-electron chi connectivity index (χ2n) is 5.45. The molecule has 0 amide bonds. The van der Waals surface area contributed by atoms with Crippen molar-refractivity contribution in [3.8, 4) is 5.82 Å². The number of hydrogen-bond acceptors (Lipinski definition) is 4. The third-order valence-corrected chi connectivity index (χ3v) is 4.86. The van der Waals surface area contributed by atoms with Crippen LogP contribution >= 0.6 is 0 Å². The van der Waals surface area contributed by atoms with E-state index < -0.39 is 21.8 Å². The van der Waals surface area contributed by atoms with Crippen LogP contribution in [-0.4, -0.2) is 23.2 Å². The normalized spacial score (nSPS) is 12.2. The summed E-state index contributed by atoms with van der Waals surface area (Å²) in [7, 11) is -4.09. The zero-order valence-corrected chi connectivity index (χ0v) is 14.2. The highest BCUT2D eigenvalue weighted by Gasteiger charge is 2.30. The van der Waals surface area contributed by atoms with Crippen LogP contribution in [0, 0.1) is 6.92 Å². The number of aryl methyl sites for hydroxylation is 1. The van der Waals surface area contributed by atoms with E-state index in [0.29, 0.717) is 18.0 Å². The lowest BCUT2D eigenvalue weighted by molar-refractivity contribution is -0.137. The first kappa shape index (κ1) is 17.9. The van der Waals surface area contributed by atoms with Crippen molar-refractivity contribution < 1.29 is 23.0 Å². The molecule has 1 N–H and O–H groups in total. The van der Waals surface area contributed by atoms with Crippen LogP contribution in [-0.2, 0) is 16.2 Å². The molecule has 0 spiro atoms. The van der Waals surface area contributed by atoms with E-state index in [4.69, 9.17) is 0 Å². The molecule has 6 nitrogen and oxygen atoms in total. The number of benzene rings is 1. The average molecular weight is 384 g/mol. The first-order valence-corrected chi connectivity index (χ1v) is 8.82. The lowest BCUT2D eigenvalue weighted by Gasteiger charge is -2.11. The van der Waals surface area contributed by atoms with Crippen LogP contribution in [0.25, 0.3) is 5.82 Å².